The Morgan fingerprint density at radius 1 is 1.03 bits per heavy atom. The number of benzene rings is 2. The third kappa shape index (κ3) is 6.12. The third-order valence-corrected chi connectivity index (χ3v) is 5.77. The Bertz CT molecular complexity index is 1320. The second-order valence-corrected chi connectivity index (χ2v) is 8.36. The van der Waals surface area contributed by atoms with E-state index < -0.39 is 17.6 Å². The molecule has 2 aromatic carbocycles. The SMILES string of the molecule is Cc1ccc(-n2c(SCC(=O)N/N=C/c3ccc(C(F)(F)F)cc3)nnc2-c2ccncc2)cc1. The number of halogens is 3. The Kier molecular flexibility index (Phi) is 7.25. The van der Waals surface area contributed by atoms with Gasteiger partial charge in [0.25, 0.3) is 5.91 Å². The largest absolute Gasteiger partial charge is 0.416 e. The number of aromatic nitrogens is 4. The zero-order valence-electron chi connectivity index (χ0n) is 18.4. The average Bonchev–Trinajstić information content (AvgIpc) is 3.27. The van der Waals surface area contributed by atoms with Crippen LogP contribution in [-0.2, 0) is 11.0 Å². The van der Waals surface area contributed by atoms with Crippen LogP contribution >= 0.6 is 11.8 Å². The lowest BCUT2D eigenvalue weighted by Crippen LogP contribution is -2.20. The van der Waals surface area contributed by atoms with Gasteiger partial charge < -0.3 is 0 Å². The molecule has 0 aliphatic rings. The Balaban J connectivity index is 1.44. The molecular weight excluding hydrogens is 477 g/mol. The number of carbonyl (C=O) groups excluding carboxylic acids is 1. The molecule has 0 unspecified atom stereocenters. The highest BCUT2D eigenvalue weighted by molar-refractivity contribution is 7.99. The average molecular weight is 497 g/mol. The van der Waals surface area contributed by atoms with Crippen molar-refractivity contribution in [3.8, 4) is 17.1 Å². The maximum absolute atomic E-state index is 12.6. The molecule has 4 rings (SSSR count). The minimum absolute atomic E-state index is 0.00465. The van der Waals surface area contributed by atoms with Gasteiger partial charge in [-0.3, -0.25) is 14.3 Å². The smallest absolute Gasteiger partial charge is 0.272 e. The number of alkyl halides is 3. The van der Waals surface area contributed by atoms with Gasteiger partial charge in [-0.15, -0.1) is 10.2 Å². The fourth-order valence-electron chi connectivity index (χ4n) is 3.08. The number of rotatable bonds is 7. The van der Waals surface area contributed by atoms with Crippen molar-refractivity contribution in [1.82, 2.24) is 25.2 Å². The maximum atomic E-state index is 12.6. The molecule has 0 saturated carbocycles. The number of thioether (sulfide) groups is 1. The molecule has 0 bridgehead atoms. The first-order valence-corrected chi connectivity index (χ1v) is 11.3. The summed E-state index contributed by atoms with van der Waals surface area (Å²) < 4.78 is 39.8. The van der Waals surface area contributed by atoms with E-state index in [1.165, 1.54) is 30.1 Å². The van der Waals surface area contributed by atoms with E-state index in [0.29, 0.717) is 16.5 Å². The maximum Gasteiger partial charge on any atom is 0.416 e. The van der Waals surface area contributed by atoms with E-state index in [2.05, 4.69) is 25.7 Å². The molecule has 2 aromatic heterocycles. The molecule has 0 aliphatic heterocycles. The molecule has 0 saturated heterocycles. The van der Waals surface area contributed by atoms with Crippen molar-refractivity contribution in [3.05, 3.63) is 89.7 Å². The highest BCUT2D eigenvalue weighted by Crippen LogP contribution is 2.29. The standard InChI is InChI=1S/C24H19F3N6OS/c1-16-2-8-20(9-3-16)33-22(18-10-12-28-13-11-18)31-32-23(33)35-15-21(34)30-29-14-17-4-6-19(7-5-17)24(25,26)27/h2-14H,15H2,1H3,(H,30,34)/b29-14+. The molecule has 7 nitrogen and oxygen atoms in total. The van der Waals surface area contributed by atoms with E-state index in [4.69, 9.17) is 0 Å². The van der Waals surface area contributed by atoms with E-state index >= 15 is 0 Å². The molecule has 1 N–H and O–H groups in total. The molecule has 35 heavy (non-hydrogen) atoms. The predicted octanol–water partition coefficient (Wildman–Crippen LogP) is 4.90. The molecule has 2 heterocycles. The molecule has 4 aromatic rings. The third-order valence-electron chi connectivity index (χ3n) is 4.84. The van der Waals surface area contributed by atoms with E-state index in [1.54, 1.807) is 12.4 Å². The number of amides is 1. The summed E-state index contributed by atoms with van der Waals surface area (Å²) in [7, 11) is 0. The molecule has 1 amide bonds. The Labute approximate surface area is 203 Å². The number of aryl methyl sites for hydroxylation is 1. The summed E-state index contributed by atoms with van der Waals surface area (Å²) >= 11 is 1.18. The summed E-state index contributed by atoms with van der Waals surface area (Å²) in [4.78, 5) is 16.3. The van der Waals surface area contributed by atoms with Gasteiger partial charge in [-0.05, 0) is 48.9 Å². The second-order valence-electron chi connectivity index (χ2n) is 7.41. The van der Waals surface area contributed by atoms with Crippen LogP contribution in [0.4, 0.5) is 13.2 Å². The molecule has 0 aliphatic carbocycles. The fourth-order valence-corrected chi connectivity index (χ4v) is 3.82. The summed E-state index contributed by atoms with van der Waals surface area (Å²) in [6, 6.07) is 16.0. The van der Waals surface area contributed by atoms with Crippen LogP contribution in [0.2, 0.25) is 0 Å². The lowest BCUT2D eigenvalue weighted by Gasteiger charge is -2.10. The first-order valence-electron chi connectivity index (χ1n) is 10.4. The molecule has 0 atom stereocenters. The number of carbonyl (C=O) groups is 1. The van der Waals surface area contributed by atoms with Crippen molar-refractivity contribution in [2.45, 2.75) is 18.3 Å². The van der Waals surface area contributed by atoms with Crippen molar-refractivity contribution < 1.29 is 18.0 Å². The number of nitrogens with zero attached hydrogens (tertiary/aromatic N) is 5. The normalized spacial score (nSPS) is 11.7. The van der Waals surface area contributed by atoms with E-state index in [9.17, 15) is 18.0 Å². The first kappa shape index (κ1) is 24.1. The van der Waals surface area contributed by atoms with Crippen LogP contribution in [0.25, 0.3) is 17.1 Å². The molecule has 0 spiro atoms. The van der Waals surface area contributed by atoms with E-state index in [-0.39, 0.29) is 5.75 Å². The molecule has 0 fully saturated rings. The Morgan fingerprint density at radius 2 is 1.71 bits per heavy atom. The van der Waals surface area contributed by atoms with Gasteiger partial charge in [-0.1, -0.05) is 41.6 Å². The van der Waals surface area contributed by atoms with Crippen molar-refractivity contribution in [3.63, 3.8) is 0 Å². The van der Waals surface area contributed by atoms with Gasteiger partial charge in [0.15, 0.2) is 11.0 Å². The van der Waals surface area contributed by atoms with Crippen LogP contribution in [0.15, 0.2) is 83.3 Å². The van der Waals surface area contributed by atoms with Crippen molar-refractivity contribution in [1.29, 1.82) is 0 Å². The van der Waals surface area contributed by atoms with Crippen molar-refractivity contribution in [2.75, 3.05) is 5.75 Å². The Hall–Kier alpha value is -3.99. The van der Waals surface area contributed by atoms with E-state index in [1.807, 2.05) is 47.9 Å². The summed E-state index contributed by atoms with van der Waals surface area (Å²) in [5, 5.41) is 12.9. The molecule has 178 valence electrons. The lowest BCUT2D eigenvalue weighted by atomic mass is 10.1. The summed E-state index contributed by atoms with van der Waals surface area (Å²) in [5.74, 6) is 0.214. The van der Waals surface area contributed by atoms with Crippen LogP contribution < -0.4 is 5.43 Å². The second kappa shape index (κ2) is 10.5. The van der Waals surface area contributed by atoms with Crippen molar-refractivity contribution >= 4 is 23.9 Å². The first-order chi connectivity index (χ1) is 16.8. The minimum atomic E-state index is -4.41. The molecule has 0 radical (unpaired) electrons. The number of hydrogen-bond donors (Lipinski definition) is 1. The lowest BCUT2D eigenvalue weighted by molar-refractivity contribution is -0.137. The number of hydrazone groups is 1. The van der Waals surface area contributed by atoms with Gasteiger partial charge >= 0.3 is 6.18 Å². The number of pyridine rings is 1. The van der Waals surface area contributed by atoms with Crippen LogP contribution in [0.3, 0.4) is 0 Å². The van der Waals surface area contributed by atoms with Crippen LogP contribution in [0.5, 0.6) is 0 Å². The van der Waals surface area contributed by atoms with Gasteiger partial charge in [-0.25, -0.2) is 5.43 Å². The van der Waals surface area contributed by atoms with Crippen molar-refractivity contribution in [2.24, 2.45) is 5.10 Å². The topological polar surface area (TPSA) is 85.1 Å². The molecular formula is C24H19F3N6OS. The summed E-state index contributed by atoms with van der Waals surface area (Å²) in [5.41, 5.74) is 4.82. The van der Waals surface area contributed by atoms with Gasteiger partial charge in [0.1, 0.15) is 0 Å². The summed E-state index contributed by atoms with van der Waals surface area (Å²) in [6.07, 6.45) is 0.202. The van der Waals surface area contributed by atoms with Gasteiger partial charge in [0.2, 0.25) is 0 Å². The van der Waals surface area contributed by atoms with E-state index in [0.717, 1.165) is 28.9 Å². The van der Waals surface area contributed by atoms with Gasteiger partial charge in [-0.2, -0.15) is 18.3 Å². The quantitative estimate of drug-likeness (QED) is 0.224. The number of hydrogen-bond acceptors (Lipinski definition) is 6. The Morgan fingerprint density at radius 3 is 2.37 bits per heavy atom. The number of nitrogens with one attached hydrogen (secondary N) is 1. The highest BCUT2D eigenvalue weighted by Gasteiger charge is 2.29. The van der Waals surface area contributed by atoms with Gasteiger partial charge in [0.05, 0.1) is 17.5 Å². The molecule has 11 heteroatoms. The van der Waals surface area contributed by atoms with Crippen LogP contribution in [0, 0.1) is 6.92 Å². The summed E-state index contributed by atoms with van der Waals surface area (Å²) in [6.45, 7) is 1.99. The monoisotopic (exact) mass is 496 g/mol. The highest BCUT2D eigenvalue weighted by atomic mass is 32.2. The van der Waals surface area contributed by atoms with Gasteiger partial charge in [0, 0.05) is 23.6 Å². The van der Waals surface area contributed by atoms with Crippen LogP contribution in [-0.4, -0.2) is 37.6 Å². The van der Waals surface area contributed by atoms with Crippen LogP contribution in [0.1, 0.15) is 16.7 Å². The zero-order valence-corrected chi connectivity index (χ0v) is 19.2. The minimum Gasteiger partial charge on any atom is -0.272 e. The predicted molar refractivity (Wildman–Crippen MR) is 127 cm³/mol. The zero-order chi connectivity index (χ0) is 24.8. The fraction of sp³-hybridized carbons (Fsp3) is 0.125.